The number of aryl methyl sites for hydroxylation is 3. The average molecular weight is 550 g/mol. The quantitative estimate of drug-likeness (QED) is 0.282. The molecule has 1 fully saturated rings. The Balaban J connectivity index is 0.000000377. The van der Waals surface area contributed by atoms with Gasteiger partial charge in [0, 0.05) is 18.1 Å². The maximum absolute atomic E-state index is 3.92. The molecule has 2 aromatic carbocycles. The van der Waals surface area contributed by atoms with Crippen LogP contribution in [0.2, 0.25) is 0 Å². The maximum Gasteiger partial charge on any atom is 0.00940 e. The van der Waals surface area contributed by atoms with E-state index in [1.54, 1.807) is 0 Å². The van der Waals surface area contributed by atoms with E-state index < -0.39 is 0 Å². The first-order chi connectivity index (χ1) is 19.1. The molecule has 3 rings (SSSR count). The Hall–Kier alpha value is -1.94. The second-order valence-corrected chi connectivity index (χ2v) is 11.8. The van der Waals surface area contributed by atoms with E-state index in [1.165, 1.54) is 85.1 Å². The van der Waals surface area contributed by atoms with Crippen LogP contribution in [0.5, 0.6) is 0 Å². The van der Waals surface area contributed by atoms with Gasteiger partial charge in [-0.1, -0.05) is 93.8 Å². The molecule has 1 N–H and O–H groups in total. The maximum atomic E-state index is 3.92. The van der Waals surface area contributed by atoms with E-state index in [-0.39, 0.29) is 0 Å². The zero-order valence-electron chi connectivity index (χ0n) is 28.1. The van der Waals surface area contributed by atoms with Crippen LogP contribution in [0.1, 0.15) is 108 Å². The molecule has 0 radical (unpaired) electrons. The highest BCUT2D eigenvalue weighted by molar-refractivity contribution is 5.81. The third-order valence-corrected chi connectivity index (χ3v) is 8.07. The summed E-state index contributed by atoms with van der Waals surface area (Å²) in [6.07, 6.45) is 9.91. The van der Waals surface area contributed by atoms with Crippen LogP contribution in [0.3, 0.4) is 0 Å². The van der Waals surface area contributed by atoms with Crippen molar-refractivity contribution >= 4 is 11.6 Å². The zero-order valence-corrected chi connectivity index (χ0v) is 28.1. The number of hydrogen-bond acceptors (Lipinski definition) is 3. The summed E-state index contributed by atoms with van der Waals surface area (Å²) in [6, 6.07) is 17.5. The van der Waals surface area contributed by atoms with Crippen LogP contribution in [0, 0.1) is 13.8 Å². The number of allylic oxidation sites excluding steroid dienone is 1. The minimum absolute atomic E-state index is 0.658. The third kappa shape index (κ3) is 13.6. The fourth-order valence-corrected chi connectivity index (χ4v) is 5.16. The van der Waals surface area contributed by atoms with Gasteiger partial charge in [0.1, 0.15) is 0 Å². The van der Waals surface area contributed by atoms with E-state index in [0.717, 1.165) is 12.5 Å². The number of likely N-dealkylation sites (tertiary alicyclic amines) is 1. The highest BCUT2D eigenvalue weighted by Gasteiger charge is 2.20. The van der Waals surface area contributed by atoms with Gasteiger partial charge in [0.15, 0.2) is 0 Å². The molecule has 3 nitrogen and oxygen atoms in total. The van der Waals surface area contributed by atoms with Crippen molar-refractivity contribution in [2.24, 2.45) is 0 Å². The van der Waals surface area contributed by atoms with Crippen LogP contribution >= 0.6 is 0 Å². The van der Waals surface area contributed by atoms with E-state index >= 15 is 0 Å². The molecule has 3 heteroatoms. The fourth-order valence-electron chi connectivity index (χ4n) is 5.16. The monoisotopic (exact) mass is 550 g/mol. The predicted octanol–water partition coefficient (Wildman–Crippen LogP) is 9.02. The van der Waals surface area contributed by atoms with Crippen molar-refractivity contribution < 1.29 is 0 Å². The van der Waals surface area contributed by atoms with E-state index in [1.807, 2.05) is 13.8 Å². The summed E-state index contributed by atoms with van der Waals surface area (Å²) in [5, 5.41) is 3.92. The van der Waals surface area contributed by atoms with E-state index in [4.69, 9.17) is 0 Å². The Morgan fingerprint density at radius 1 is 1.00 bits per heavy atom. The Labute approximate surface area is 249 Å². The molecule has 1 unspecified atom stereocenters. The van der Waals surface area contributed by atoms with Crippen LogP contribution in [0.4, 0.5) is 0 Å². The number of nitrogens with one attached hydrogen (secondary N) is 1. The van der Waals surface area contributed by atoms with Crippen molar-refractivity contribution in [2.45, 2.75) is 119 Å². The second-order valence-electron chi connectivity index (χ2n) is 11.8. The van der Waals surface area contributed by atoms with Crippen molar-refractivity contribution in [3.63, 3.8) is 0 Å². The summed E-state index contributed by atoms with van der Waals surface area (Å²) in [6.45, 7) is 23.3. The molecule has 1 atom stereocenters. The van der Waals surface area contributed by atoms with Crippen LogP contribution in [-0.4, -0.2) is 61.7 Å². The van der Waals surface area contributed by atoms with Gasteiger partial charge in [0.2, 0.25) is 0 Å². The normalized spacial score (nSPS) is 15.4. The van der Waals surface area contributed by atoms with Gasteiger partial charge in [0.05, 0.1) is 0 Å². The molecule has 0 saturated carbocycles. The van der Waals surface area contributed by atoms with Gasteiger partial charge in [0.25, 0.3) is 0 Å². The molecule has 0 bridgehead atoms. The minimum Gasteiger partial charge on any atom is -0.311 e. The number of rotatable bonds is 11. The van der Waals surface area contributed by atoms with E-state index in [2.05, 4.69) is 126 Å². The first-order valence-electron chi connectivity index (χ1n) is 16.1. The average Bonchev–Trinajstić information content (AvgIpc) is 2.94. The topological polar surface area (TPSA) is 18.5 Å². The van der Waals surface area contributed by atoms with Crippen molar-refractivity contribution in [1.82, 2.24) is 15.1 Å². The molecule has 0 aliphatic carbocycles. The lowest BCUT2D eigenvalue weighted by Gasteiger charge is -2.33. The van der Waals surface area contributed by atoms with Crippen LogP contribution in [0.25, 0.3) is 11.6 Å². The molecule has 0 spiro atoms. The van der Waals surface area contributed by atoms with E-state index in [0.29, 0.717) is 12.1 Å². The summed E-state index contributed by atoms with van der Waals surface area (Å²) in [5.74, 6) is 0. The van der Waals surface area contributed by atoms with Gasteiger partial charge in [-0.15, -0.1) is 0 Å². The predicted molar refractivity (Wildman–Crippen MR) is 181 cm³/mol. The Kier molecular flexibility index (Phi) is 18.1. The molecule has 1 heterocycles. The summed E-state index contributed by atoms with van der Waals surface area (Å²) < 4.78 is 0. The molecule has 2 aromatic rings. The van der Waals surface area contributed by atoms with E-state index in [9.17, 15) is 0 Å². The van der Waals surface area contributed by atoms with Crippen molar-refractivity contribution in [2.75, 3.05) is 33.7 Å². The number of piperidine rings is 1. The summed E-state index contributed by atoms with van der Waals surface area (Å²) in [7, 11) is 4.47. The fraction of sp³-hybridized carbons (Fsp3) is 0.622. The summed E-state index contributed by atoms with van der Waals surface area (Å²) >= 11 is 0. The van der Waals surface area contributed by atoms with Gasteiger partial charge in [-0.3, -0.25) is 0 Å². The van der Waals surface area contributed by atoms with Crippen molar-refractivity contribution in [3.05, 3.63) is 70.3 Å². The Bertz CT molecular complexity index is 969. The first kappa shape index (κ1) is 36.1. The van der Waals surface area contributed by atoms with Gasteiger partial charge in [-0.2, -0.15) is 0 Å². The lowest BCUT2D eigenvalue weighted by atomic mass is 9.97. The third-order valence-electron chi connectivity index (χ3n) is 8.07. The lowest BCUT2D eigenvalue weighted by Crippen LogP contribution is -2.46. The Morgan fingerprint density at radius 3 is 2.23 bits per heavy atom. The Morgan fingerprint density at radius 2 is 1.65 bits per heavy atom. The van der Waals surface area contributed by atoms with Crippen LogP contribution in [0.15, 0.2) is 42.5 Å². The molecule has 0 aromatic heterocycles. The SMILES string of the molecule is CC.CCCC(CCN(C)C(C)C)NC1CCN(C)CC1.CCc1ccc(C)cc1/C=C(\C)c1cccc(C)c1. The number of hydrogen-bond donors (Lipinski definition) is 1. The number of benzene rings is 2. The molecule has 1 saturated heterocycles. The standard InChI is InChI=1S/C19H22.C16H35N3.C2H6/c1-5-17-10-9-15(3)12-19(17)13-16(4)18-8-6-7-14(2)11-18;1-6-7-15(10-13-19(5)14(2)3)17-16-8-11-18(4)12-9-16;1-2/h6-13H,5H2,1-4H3;14-17H,6-13H2,1-5H3;1-2H3/b16-13+;;. The first-order valence-corrected chi connectivity index (χ1v) is 16.1. The highest BCUT2D eigenvalue weighted by atomic mass is 15.1. The zero-order chi connectivity index (χ0) is 30.1. The largest absolute Gasteiger partial charge is 0.311 e. The van der Waals surface area contributed by atoms with Crippen molar-refractivity contribution in [1.29, 1.82) is 0 Å². The lowest BCUT2D eigenvalue weighted by molar-refractivity contribution is 0.207. The molecular weight excluding hydrogens is 486 g/mol. The number of nitrogens with zero attached hydrogens (tertiary/aromatic N) is 2. The smallest absolute Gasteiger partial charge is 0.00940 e. The molecule has 40 heavy (non-hydrogen) atoms. The molecule has 1 aliphatic heterocycles. The van der Waals surface area contributed by atoms with Crippen molar-refractivity contribution in [3.8, 4) is 0 Å². The van der Waals surface area contributed by atoms with Crippen LogP contribution < -0.4 is 5.32 Å². The minimum atomic E-state index is 0.658. The van der Waals surface area contributed by atoms with Crippen LogP contribution in [-0.2, 0) is 6.42 Å². The molecule has 0 amide bonds. The van der Waals surface area contributed by atoms with Gasteiger partial charge >= 0.3 is 0 Å². The van der Waals surface area contributed by atoms with Gasteiger partial charge in [-0.05, 0) is 123 Å². The van der Waals surface area contributed by atoms with Gasteiger partial charge < -0.3 is 15.1 Å². The van der Waals surface area contributed by atoms with Gasteiger partial charge in [-0.25, -0.2) is 0 Å². The molecule has 226 valence electrons. The summed E-state index contributed by atoms with van der Waals surface area (Å²) in [5.41, 5.74) is 8.03. The second kappa shape index (κ2) is 20.0. The highest BCUT2D eigenvalue weighted by Crippen LogP contribution is 2.22. The molecular formula is C37H63N3. The molecule has 1 aliphatic rings. The summed E-state index contributed by atoms with van der Waals surface area (Å²) in [4.78, 5) is 4.90.